The van der Waals surface area contributed by atoms with Crippen LogP contribution in [0.25, 0.3) is 0 Å². The second-order valence-corrected chi connectivity index (χ2v) is 5.55. The van der Waals surface area contributed by atoms with Gasteiger partial charge in [-0.2, -0.15) is 11.3 Å². The summed E-state index contributed by atoms with van der Waals surface area (Å²) in [6, 6.07) is 8.16. The summed E-state index contributed by atoms with van der Waals surface area (Å²) in [6.07, 6.45) is 1.12. The van der Waals surface area contributed by atoms with Gasteiger partial charge in [0.05, 0.1) is 6.61 Å². The van der Waals surface area contributed by atoms with Gasteiger partial charge in [0, 0.05) is 12.1 Å². The second-order valence-electron chi connectivity index (χ2n) is 4.77. The molecule has 0 aliphatic rings. The molecule has 0 atom stereocenters. The molecule has 0 bridgehead atoms. The third-order valence-corrected chi connectivity index (χ3v) is 3.80. The van der Waals surface area contributed by atoms with E-state index in [1.165, 1.54) is 5.56 Å². The molecule has 2 aromatic rings. The monoisotopic (exact) mass is 305 g/mol. The molecule has 0 radical (unpaired) electrons. The number of thiophene rings is 1. The van der Waals surface area contributed by atoms with Gasteiger partial charge in [-0.05, 0) is 48.3 Å². The first-order chi connectivity index (χ1) is 10.3. The Bertz CT molecular complexity index is 526. The molecule has 0 aliphatic heterocycles. The topological polar surface area (TPSA) is 30.5 Å². The van der Waals surface area contributed by atoms with Gasteiger partial charge < -0.3 is 14.8 Å². The molecule has 0 saturated carbocycles. The predicted molar refractivity (Wildman–Crippen MR) is 88.3 cm³/mol. The SMILES string of the molecule is CCCNCc1cccc(OCC)c1OCc1ccsc1. The van der Waals surface area contributed by atoms with Crippen molar-refractivity contribution in [1.29, 1.82) is 0 Å². The molecule has 3 nitrogen and oxygen atoms in total. The molecule has 1 N–H and O–H groups in total. The zero-order valence-corrected chi connectivity index (χ0v) is 13.5. The van der Waals surface area contributed by atoms with E-state index in [0.717, 1.165) is 36.6 Å². The van der Waals surface area contributed by atoms with Gasteiger partial charge in [0.25, 0.3) is 0 Å². The van der Waals surface area contributed by atoms with E-state index in [9.17, 15) is 0 Å². The minimum atomic E-state index is 0.578. The third kappa shape index (κ3) is 4.76. The van der Waals surface area contributed by atoms with E-state index < -0.39 is 0 Å². The minimum Gasteiger partial charge on any atom is -0.490 e. The highest BCUT2D eigenvalue weighted by atomic mass is 32.1. The predicted octanol–water partition coefficient (Wildman–Crippen LogP) is 4.23. The number of hydrogen-bond acceptors (Lipinski definition) is 4. The second kappa shape index (κ2) is 8.70. The highest BCUT2D eigenvalue weighted by molar-refractivity contribution is 7.07. The highest BCUT2D eigenvalue weighted by Gasteiger charge is 2.11. The number of para-hydroxylation sites is 1. The van der Waals surface area contributed by atoms with Crippen molar-refractivity contribution in [3.63, 3.8) is 0 Å². The summed E-state index contributed by atoms with van der Waals surface area (Å²) in [5.74, 6) is 1.68. The van der Waals surface area contributed by atoms with Crippen LogP contribution in [0.1, 0.15) is 31.4 Å². The Hall–Kier alpha value is -1.52. The summed E-state index contributed by atoms with van der Waals surface area (Å²) in [4.78, 5) is 0. The van der Waals surface area contributed by atoms with E-state index in [-0.39, 0.29) is 0 Å². The molecule has 0 amide bonds. The molecule has 0 fully saturated rings. The average molecular weight is 305 g/mol. The summed E-state index contributed by atoms with van der Waals surface area (Å²) in [5, 5.41) is 7.60. The quantitative estimate of drug-likeness (QED) is 0.703. The van der Waals surface area contributed by atoms with Crippen LogP contribution < -0.4 is 14.8 Å². The van der Waals surface area contributed by atoms with E-state index in [2.05, 4.69) is 35.1 Å². The highest BCUT2D eigenvalue weighted by Crippen LogP contribution is 2.32. The number of hydrogen-bond donors (Lipinski definition) is 1. The van der Waals surface area contributed by atoms with Gasteiger partial charge in [0.15, 0.2) is 11.5 Å². The lowest BCUT2D eigenvalue weighted by Gasteiger charge is -2.16. The van der Waals surface area contributed by atoms with Crippen LogP contribution in [0.2, 0.25) is 0 Å². The number of ether oxygens (including phenoxy) is 2. The maximum absolute atomic E-state index is 6.04. The van der Waals surface area contributed by atoms with E-state index >= 15 is 0 Å². The van der Waals surface area contributed by atoms with E-state index in [4.69, 9.17) is 9.47 Å². The van der Waals surface area contributed by atoms with Crippen LogP contribution in [0.4, 0.5) is 0 Å². The maximum Gasteiger partial charge on any atom is 0.166 e. The molecule has 1 aromatic carbocycles. The molecule has 0 saturated heterocycles. The first-order valence-electron chi connectivity index (χ1n) is 7.44. The van der Waals surface area contributed by atoms with Gasteiger partial charge in [0.2, 0.25) is 0 Å². The number of nitrogens with one attached hydrogen (secondary N) is 1. The average Bonchev–Trinajstić information content (AvgIpc) is 3.00. The lowest BCUT2D eigenvalue weighted by atomic mass is 10.1. The molecule has 1 heterocycles. The molecule has 0 unspecified atom stereocenters. The zero-order valence-electron chi connectivity index (χ0n) is 12.7. The van der Waals surface area contributed by atoms with Crippen LogP contribution in [-0.4, -0.2) is 13.2 Å². The van der Waals surface area contributed by atoms with Crippen molar-refractivity contribution in [3.05, 3.63) is 46.2 Å². The minimum absolute atomic E-state index is 0.578. The molecule has 0 spiro atoms. The van der Waals surface area contributed by atoms with Crippen molar-refractivity contribution >= 4 is 11.3 Å². The van der Waals surface area contributed by atoms with Crippen molar-refractivity contribution < 1.29 is 9.47 Å². The first kappa shape index (κ1) is 15.9. The van der Waals surface area contributed by atoms with Crippen molar-refractivity contribution in [2.75, 3.05) is 13.2 Å². The van der Waals surface area contributed by atoms with Crippen molar-refractivity contribution in [1.82, 2.24) is 5.32 Å². The molecule has 114 valence electrons. The first-order valence-corrected chi connectivity index (χ1v) is 8.38. The molecule has 1 aromatic heterocycles. The van der Waals surface area contributed by atoms with Gasteiger partial charge >= 0.3 is 0 Å². The molecule has 2 rings (SSSR count). The Labute approximate surface area is 130 Å². The van der Waals surface area contributed by atoms with Crippen LogP contribution >= 0.6 is 11.3 Å². The fraction of sp³-hybridized carbons (Fsp3) is 0.412. The molecule has 21 heavy (non-hydrogen) atoms. The summed E-state index contributed by atoms with van der Waals surface area (Å²) in [7, 11) is 0. The fourth-order valence-corrected chi connectivity index (χ4v) is 2.72. The molecule has 4 heteroatoms. The van der Waals surface area contributed by atoms with Crippen LogP contribution in [0.15, 0.2) is 35.0 Å². The number of rotatable bonds is 9. The van der Waals surface area contributed by atoms with Gasteiger partial charge in [-0.3, -0.25) is 0 Å². The molecular weight excluding hydrogens is 282 g/mol. The van der Waals surface area contributed by atoms with Gasteiger partial charge in [0.1, 0.15) is 6.61 Å². The Morgan fingerprint density at radius 2 is 2.05 bits per heavy atom. The smallest absolute Gasteiger partial charge is 0.166 e. The summed E-state index contributed by atoms with van der Waals surface area (Å²) >= 11 is 1.69. The van der Waals surface area contributed by atoms with Crippen molar-refractivity contribution in [2.24, 2.45) is 0 Å². The zero-order chi connectivity index (χ0) is 14.9. The van der Waals surface area contributed by atoms with E-state index in [1.54, 1.807) is 11.3 Å². The Morgan fingerprint density at radius 1 is 1.14 bits per heavy atom. The van der Waals surface area contributed by atoms with Crippen LogP contribution in [0, 0.1) is 0 Å². The van der Waals surface area contributed by atoms with Gasteiger partial charge in [-0.25, -0.2) is 0 Å². The largest absolute Gasteiger partial charge is 0.490 e. The standard InChI is InChI=1S/C17H23NO2S/c1-3-9-18-11-15-6-5-7-16(19-4-2)17(15)20-12-14-8-10-21-13-14/h5-8,10,13,18H,3-4,9,11-12H2,1-2H3. The van der Waals surface area contributed by atoms with Crippen LogP contribution in [0.3, 0.4) is 0 Å². The van der Waals surface area contributed by atoms with Crippen LogP contribution in [-0.2, 0) is 13.2 Å². The van der Waals surface area contributed by atoms with Crippen LogP contribution in [0.5, 0.6) is 11.5 Å². The summed E-state index contributed by atoms with van der Waals surface area (Å²) in [6.45, 7) is 7.17. The Balaban J connectivity index is 2.12. The fourth-order valence-electron chi connectivity index (χ4n) is 2.06. The van der Waals surface area contributed by atoms with Crippen molar-refractivity contribution in [2.45, 2.75) is 33.4 Å². The van der Waals surface area contributed by atoms with Gasteiger partial charge in [-0.15, -0.1) is 0 Å². The maximum atomic E-state index is 6.04. The lowest BCUT2D eigenvalue weighted by Crippen LogP contribution is -2.15. The number of benzene rings is 1. The third-order valence-electron chi connectivity index (χ3n) is 3.07. The lowest BCUT2D eigenvalue weighted by molar-refractivity contribution is 0.266. The van der Waals surface area contributed by atoms with Gasteiger partial charge in [-0.1, -0.05) is 19.1 Å². The Morgan fingerprint density at radius 3 is 2.76 bits per heavy atom. The molecule has 0 aliphatic carbocycles. The normalized spacial score (nSPS) is 10.6. The van der Waals surface area contributed by atoms with Crippen molar-refractivity contribution in [3.8, 4) is 11.5 Å². The van der Waals surface area contributed by atoms with E-state index in [0.29, 0.717) is 13.2 Å². The molecular formula is C17H23NO2S. The Kier molecular flexibility index (Phi) is 6.57. The van der Waals surface area contributed by atoms with E-state index in [1.807, 2.05) is 19.1 Å². The summed E-state index contributed by atoms with van der Waals surface area (Å²) < 4.78 is 11.7. The summed E-state index contributed by atoms with van der Waals surface area (Å²) in [5.41, 5.74) is 2.34.